The molecule has 0 unspecified atom stereocenters. The molecule has 1 aliphatic rings. The van der Waals surface area contributed by atoms with Gasteiger partial charge < -0.3 is 20.1 Å². The van der Waals surface area contributed by atoms with E-state index in [-0.39, 0.29) is 5.91 Å². The van der Waals surface area contributed by atoms with Crippen LogP contribution in [-0.4, -0.2) is 25.7 Å². The van der Waals surface area contributed by atoms with Crippen LogP contribution in [0.1, 0.15) is 18.9 Å². The lowest BCUT2D eigenvalue weighted by Gasteiger charge is -2.19. The fraction of sp³-hybridized carbons (Fsp3) is 0.316. The van der Waals surface area contributed by atoms with Crippen molar-refractivity contribution in [2.75, 3.05) is 30.4 Å². The first-order valence-electron chi connectivity index (χ1n) is 8.27. The van der Waals surface area contributed by atoms with E-state index in [9.17, 15) is 4.79 Å². The van der Waals surface area contributed by atoms with Crippen molar-refractivity contribution in [3.05, 3.63) is 48.0 Å². The molecule has 5 heteroatoms. The van der Waals surface area contributed by atoms with Crippen LogP contribution < -0.4 is 20.1 Å². The van der Waals surface area contributed by atoms with Gasteiger partial charge >= 0.3 is 0 Å². The zero-order chi connectivity index (χ0) is 16.8. The van der Waals surface area contributed by atoms with E-state index < -0.39 is 0 Å². The predicted octanol–water partition coefficient (Wildman–Crippen LogP) is 3.46. The Balaban J connectivity index is 1.51. The molecule has 2 aromatic carbocycles. The van der Waals surface area contributed by atoms with E-state index in [4.69, 9.17) is 9.47 Å². The molecule has 2 N–H and O–H groups in total. The fourth-order valence-electron chi connectivity index (χ4n) is 2.66. The summed E-state index contributed by atoms with van der Waals surface area (Å²) in [5.41, 5.74) is 3.06. The summed E-state index contributed by atoms with van der Waals surface area (Å²) in [6.45, 7) is 3.80. The third-order valence-corrected chi connectivity index (χ3v) is 3.89. The van der Waals surface area contributed by atoms with Crippen LogP contribution in [0, 0.1) is 0 Å². The van der Waals surface area contributed by atoms with Crippen molar-refractivity contribution < 1.29 is 14.3 Å². The Morgan fingerprint density at radius 3 is 2.71 bits per heavy atom. The highest BCUT2D eigenvalue weighted by molar-refractivity contribution is 5.91. The van der Waals surface area contributed by atoms with Gasteiger partial charge in [0, 0.05) is 30.4 Å². The number of hydrogen-bond donors (Lipinski definition) is 2. The topological polar surface area (TPSA) is 59.6 Å². The van der Waals surface area contributed by atoms with Gasteiger partial charge in [-0.2, -0.15) is 0 Å². The second-order valence-corrected chi connectivity index (χ2v) is 5.59. The van der Waals surface area contributed by atoms with Crippen LogP contribution in [-0.2, 0) is 11.2 Å². The first-order valence-corrected chi connectivity index (χ1v) is 8.27. The number of benzene rings is 2. The number of amides is 1. The summed E-state index contributed by atoms with van der Waals surface area (Å²) in [5, 5.41) is 6.22. The molecule has 0 atom stereocenters. The molecular formula is C19H22N2O3. The summed E-state index contributed by atoms with van der Waals surface area (Å²) in [5.74, 6) is 1.36. The smallest absolute Gasteiger partial charge is 0.226 e. The molecule has 1 aliphatic heterocycles. The standard InChI is InChI=1S/C19H22N2O3/c1-2-14-5-3-4-6-16(14)20-10-9-19(22)21-15-7-8-17-18(13-15)24-12-11-23-17/h3-8,13,20H,2,9-12H2,1H3,(H,21,22). The van der Waals surface area contributed by atoms with Crippen LogP contribution in [0.25, 0.3) is 0 Å². The van der Waals surface area contributed by atoms with Crippen LogP contribution in [0.5, 0.6) is 11.5 Å². The molecule has 0 bridgehead atoms. The van der Waals surface area contributed by atoms with E-state index in [0.29, 0.717) is 31.9 Å². The van der Waals surface area contributed by atoms with Gasteiger partial charge in [0.1, 0.15) is 13.2 Å². The zero-order valence-corrected chi connectivity index (χ0v) is 13.8. The molecular weight excluding hydrogens is 304 g/mol. The third kappa shape index (κ3) is 3.98. The molecule has 5 nitrogen and oxygen atoms in total. The quantitative estimate of drug-likeness (QED) is 0.853. The van der Waals surface area contributed by atoms with Gasteiger partial charge in [-0.3, -0.25) is 4.79 Å². The Bertz CT molecular complexity index is 716. The molecule has 0 aromatic heterocycles. The van der Waals surface area contributed by atoms with Gasteiger partial charge in [-0.1, -0.05) is 25.1 Å². The van der Waals surface area contributed by atoms with Crippen LogP contribution in [0.3, 0.4) is 0 Å². The van der Waals surface area contributed by atoms with Gasteiger partial charge in [0.2, 0.25) is 5.91 Å². The maximum absolute atomic E-state index is 12.1. The molecule has 0 radical (unpaired) electrons. The van der Waals surface area contributed by atoms with Crippen molar-refractivity contribution in [2.45, 2.75) is 19.8 Å². The molecule has 0 aliphatic carbocycles. The highest BCUT2D eigenvalue weighted by Crippen LogP contribution is 2.32. The van der Waals surface area contributed by atoms with Gasteiger partial charge in [-0.05, 0) is 30.2 Å². The number of anilines is 2. The number of nitrogens with one attached hydrogen (secondary N) is 2. The Labute approximate surface area is 142 Å². The van der Waals surface area contributed by atoms with Crippen molar-refractivity contribution in [3.63, 3.8) is 0 Å². The lowest BCUT2D eigenvalue weighted by atomic mass is 10.1. The average Bonchev–Trinajstić information content (AvgIpc) is 2.62. The van der Waals surface area contributed by atoms with E-state index >= 15 is 0 Å². The Kier molecular flexibility index (Phi) is 5.21. The minimum atomic E-state index is -0.0341. The number of fused-ring (bicyclic) bond motifs is 1. The van der Waals surface area contributed by atoms with Gasteiger partial charge in [-0.25, -0.2) is 0 Å². The SMILES string of the molecule is CCc1ccccc1NCCC(=O)Nc1ccc2c(c1)OCCO2. The van der Waals surface area contributed by atoms with Crippen molar-refractivity contribution in [2.24, 2.45) is 0 Å². The normalized spacial score (nSPS) is 12.5. The van der Waals surface area contributed by atoms with E-state index in [1.54, 1.807) is 6.07 Å². The van der Waals surface area contributed by atoms with E-state index in [0.717, 1.165) is 23.5 Å². The number of carbonyl (C=O) groups is 1. The lowest BCUT2D eigenvalue weighted by molar-refractivity contribution is -0.115. The minimum absolute atomic E-state index is 0.0341. The molecule has 126 valence electrons. The molecule has 1 heterocycles. The monoisotopic (exact) mass is 326 g/mol. The number of para-hydroxylation sites is 1. The summed E-state index contributed by atoms with van der Waals surface area (Å²) in [6, 6.07) is 13.6. The second kappa shape index (κ2) is 7.73. The average molecular weight is 326 g/mol. The molecule has 0 saturated heterocycles. The highest BCUT2D eigenvalue weighted by Gasteiger charge is 2.12. The second-order valence-electron chi connectivity index (χ2n) is 5.59. The summed E-state index contributed by atoms with van der Waals surface area (Å²) in [4.78, 5) is 12.1. The Morgan fingerprint density at radius 1 is 1.08 bits per heavy atom. The maximum atomic E-state index is 12.1. The molecule has 24 heavy (non-hydrogen) atoms. The van der Waals surface area contributed by atoms with Crippen LogP contribution in [0.15, 0.2) is 42.5 Å². The van der Waals surface area contributed by atoms with Crippen LogP contribution >= 0.6 is 0 Å². The van der Waals surface area contributed by atoms with Crippen molar-refractivity contribution >= 4 is 17.3 Å². The largest absolute Gasteiger partial charge is 0.486 e. The van der Waals surface area contributed by atoms with Gasteiger partial charge in [-0.15, -0.1) is 0 Å². The fourth-order valence-corrected chi connectivity index (χ4v) is 2.66. The van der Waals surface area contributed by atoms with Gasteiger partial charge in [0.25, 0.3) is 0 Å². The lowest BCUT2D eigenvalue weighted by Crippen LogP contribution is -2.18. The molecule has 0 spiro atoms. The Morgan fingerprint density at radius 2 is 1.88 bits per heavy atom. The number of carbonyl (C=O) groups excluding carboxylic acids is 1. The first kappa shape index (κ1) is 16.2. The van der Waals surface area contributed by atoms with Crippen molar-refractivity contribution in [1.29, 1.82) is 0 Å². The summed E-state index contributed by atoms with van der Waals surface area (Å²) in [6.07, 6.45) is 1.36. The zero-order valence-electron chi connectivity index (χ0n) is 13.8. The molecule has 3 rings (SSSR count). The van der Waals surface area contributed by atoms with Gasteiger partial charge in [0.15, 0.2) is 11.5 Å². The van der Waals surface area contributed by atoms with Crippen LogP contribution in [0.4, 0.5) is 11.4 Å². The van der Waals surface area contributed by atoms with E-state index in [2.05, 4.69) is 23.6 Å². The van der Waals surface area contributed by atoms with Crippen LogP contribution in [0.2, 0.25) is 0 Å². The van der Waals surface area contributed by atoms with E-state index in [1.807, 2.05) is 30.3 Å². The molecule has 0 fully saturated rings. The van der Waals surface area contributed by atoms with E-state index in [1.165, 1.54) is 5.56 Å². The van der Waals surface area contributed by atoms with Gasteiger partial charge in [0.05, 0.1) is 0 Å². The van der Waals surface area contributed by atoms with Crippen molar-refractivity contribution in [1.82, 2.24) is 0 Å². The maximum Gasteiger partial charge on any atom is 0.226 e. The molecule has 2 aromatic rings. The van der Waals surface area contributed by atoms with Crippen molar-refractivity contribution in [3.8, 4) is 11.5 Å². The number of ether oxygens (including phenoxy) is 2. The highest BCUT2D eigenvalue weighted by atomic mass is 16.6. The number of hydrogen-bond acceptors (Lipinski definition) is 4. The molecule has 0 saturated carbocycles. The molecule has 1 amide bonds. The number of aryl methyl sites for hydroxylation is 1. The third-order valence-electron chi connectivity index (χ3n) is 3.89. The number of rotatable bonds is 6. The summed E-state index contributed by atoms with van der Waals surface area (Å²) < 4.78 is 11.0. The summed E-state index contributed by atoms with van der Waals surface area (Å²) in [7, 11) is 0. The Hall–Kier alpha value is -2.69. The summed E-state index contributed by atoms with van der Waals surface area (Å²) >= 11 is 0. The minimum Gasteiger partial charge on any atom is -0.486 e. The first-order chi connectivity index (χ1) is 11.8. The predicted molar refractivity (Wildman–Crippen MR) is 95.0 cm³/mol.